The number of likely N-dealkylation sites (tertiary alicyclic amines) is 1. The molecule has 33 heavy (non-hydrogen) atoms. The van der Waals surface area contributed by atoms with E-state index in [-0.39, 0.29) is 11.7 Å². The number of aryl methyl sites for hydroxylation is 1. The van der Waals surface area contributed by atoms with Gasteiger partial charge in [0.2, 0.25) is 11.8 Å². The summed E-state index contributed by atoms with van der Waals surface area (Å²) < 4.78 is 13.0. The minimum absolute atomic E-state index is 0.193. The number of aromatic nitrogens is 1. The number of benzene rings is 2. The number of carbonyl (C=O) groups excluding carboxylic acids is 2. The number of rotatable bonds is 7. The van der Waals surface area contributed by atoms with E-state index in [9.17, 15) is 14.0 Å². The molecule has 6 heteroatoms. The van der Waals surface area contributed by atoms with Gasteiger partial charge in [-0.15, -0.1) is 0 Å². The van der Waals surface area contributed by atoms with E-state index in [1.807, 2.05) is 23.2 Å². The lowest BCUT2D eigenvalue weighted by Gasteiger charge is -2.32. The van der Waals surface area contributed by atoms with E-state index >= 15 is 0 Å². The fourth-order valence-electron chi connectivity index (χ4n) is 4.32. The summed E-state index contributed by atoms with van der Waals surface area (Å²) in [6.07, 6.45) is 5.75. The molecule has 0 saturated carbocycles. The van der Waals surface area contributed by atoms with Crippen LogP contribution >= 0.6 is 0 Å². The molecule has 0 radical (unpaired) electrons. The summed E-state index contributed by atoms with van der Waals surface area (Å²) in [5.41, 5.74) is 9.87. The summed E-state index contributed by atoms with van der Waals surface area (Å²) in [6, 6.07) is 17.8. The quantitative estimate of drug-likeness (QED) is 0.572. The van der Waals surface area contributed by atoms with Crippen LogP contribution in [-0.2, 0) is 11.2 Å². The number of hydrogen-bond donors (Lipinski definition) is 1. The Labute approximate surface area is 193 Å². The topological polar surface area (TPSA) is 76.3 Å². The Hall–Kier alpha value is -3.54. The molecule has 0 aliphatic carbocycles. The van der Waals surface area contributed by atoms with Crippen molar-refractivity contribution >= 4 is 11.8 Å². The third-order valence-corrected chi connectivity index (χ3v) is 6.32. The first-order valence-electron chi connectivity index (χ1n) is 11.4. The number of hydrogen-bond acceptors (Lipinski definition) is 3. The molecule has 0 bridgehead atoms. The van der Waals surface area contributed by atoms with Crippen molar-refractivity contribution in [3.8, 4) is 11.1 Å². The van der Waals surface area contributed by atoms with Crippen LogP contribution in [0.15, 0.2) is 66.9 Å². The van der Waals surface area contributed by atoms with E-state index in [4.69, 9.17) is 5.73 Å². The maximum absolute atomic E-state index is 13.0. The Bertz CT molecular complexity index is 1090. The molecule has 1 aliphatic rings. The molecule has 0 atom stereocenters. The van der Waals surface area contributed by atoms with E-state index in [1.54, 1.807) is 24.3 Å². The Morgan fingerprint density at radius 1 is 0.939 bits per heavy atom. The van der Waals surface area contributed by atoms with E-state index in [0.717, 1.165) is 61.2 Å². The SMILES string of the molecule is NC(=O)c1ccc(-c2ccc(C3CCN(C(=O)CCCc4ccc(F)cc4)CC3)nc2)cc1. The van der Waals surface area contributed by atoms with Gasteiger partial charge in [-0.3, -0.25) is 14.6 Å². The van der Waals surface area contributed by atoms with Gasteiger partial charge in [-0.1, -0.05) is 30.3 Å². The third kappa shape index (κ3) is 5.83. The maximum Gasteiger partial charge on any atom is 0.248 e. The highest BCUT2D eigenvalue weighted by Gasteiger charge is 2.24. The summed E-state index contributed by atoms with van der Waals surface area (Å²) in [7, 11) is 0. The highest BCUT2D eigenvalue weighted by molar-refractivity contribution is 5.93. The van der Waals surface area contributed by atoms with Gasteiger partial charge in [0.1, 0.15) is 5.82 Å². The predicted octanol–water partition coefficient (Wildman–Crippen LogP) is 4.72. The minimum atomic E-state index is -0.437. The molecule has 170 valence electrons. The number of nitrogens with two attached hydrogens (primary N) is 1. The van der Waals surface area contributed by atoms with Gasteiger partial charge in [0.05, 0.1) is 0 Å². The van der Waals surface area contributed by atoms with Crippen LogP contribution in [0.2, 0.25) is 0 Å². The fourth-order valence-corrected chi connectivity index (χ4v) is 4.32. The van der Waals surface area contributed by atoms with Crippen molar-refractivity contribution in [2.24, 2.45) is 5.73 Å². The van der Waals surface area contributed by atoms with E-state index in [0.29, 0.717) is 17.9 Å². The zero-order chi connectivity index (χ0) is 23.2. The van der Waals surface area contributed by atoms with Crippen LogP contribution in [0.25, 0.3) is 11.1 Å². The van der Waals surface area contributed by atoms with E-state index in [1.165, 1.54) is 12.1 Å². The molecule has 3 aromatic rings. The minimum Gasteiger partial charge on any atom is -0.366 e. The summed E-state index contributed by atoms with van der Waals surface area (Å²) in [5.74, 6) is -0.133. The van der Waals surface area contributed by atoms with Crippen LogP contribution in [0, 0.1) is 5.82 Å². The molecule has 2 amide bonds. The zero-order valence-electron chi connectivity index (χ0n) is 18.5. The van der Waals surface area contributed by atoms with Crippen molar-refractivity contribution in [2.75, 3.05) is 13.1 Å². The summed E-state index contributed by atoms with van der Waals surface area (Å²) in [4.78, 5) is 30.4. The number of nitrogens with zero attached hydrogens (tertiary/aromatic N) is 2. The van der Waals surface area contributed by atoms with Gasteiger partial charge in [0.15, 0.2) is 0 Å². The number of halogens is 1. The molecule has 4 rings (SSSR count). The molecule has 1 aromatic heterocycles. The molecule has 5 nitrogen and oxygen atoms in total. The number of carbonyl (C=O) groups is 2. The predicted molar refractivity (Wildman–Crippen MR) is 126 cm³/mol. The molecular weight excluding hydrogens is 417 g/mol. The molecule has 2 aromatic carbocycles. The number of primary amides is 1. The van der Waals surface area contributed by atoms with E-state index < -0.39 is 5.91 Å². The highest BCUT2D eigenvalue weighted by atomic mass is 19.1. The Balaban J connectivity index is 1.25. The standard InChI is InChI=1S/C27H28FN3O2/c28-24-11-4-19(5-12-24)2-1-3-26(32)31-16-14-21(15-17-31)25-13-10-23(18-30-25)20-6-8-22(9-7-20)27(29)33/h4-13,18,21H,1-3,14-17H2,(H2,29,33). The summed E-state index contributed by atoms with van der Waals surface area (Å²) >= 11 is 0. The van der Waals surface area contributed by atoms with Gasteiger partial charge in [0.25, 0.3) is 0 Å². The second-order valence-corrected chi connectivity index (χ2v) is 8.55. The Kier molecular flexibility index (Phi) is 7.13. The van der Waals surface area contributed by atoms with Gasteiger partial charge in [-0.05, 0) is 67.1 Å². The third-order valence-electron chi connectivity index (χ3n) is 6.32. The van der Waals surface area contributed by atoms with Crippen molar-refractivity contribution < 1.29 is 14.0 Å². The molecule has 1 aliphatic heterocycles. The van der Waals surface area contributed by atoms with Crippen molar-refractivity contribution in [3.05, 3.63) is 89.5 Å². The van der Waals surface area contributed by atoms with Gasteiger partial charge in [-0.25, -0.2) is 4.39 Å². The molecular formula is C27H28FN3O2. The average molecular weight is 446 g/mol. The number of pyridine rings is 1. The van der Waals surface area contributed by atoms with Crippen molar-refractivity contribution in [2.45, 2.75) is 38.0 Å². The van der Waals surface area contributed by atoms with Crippen LogP contribution in [0.5, 0.6) is 0 Å². The molecule has 1 saturated heterocycles. The van der Waals surface area contributed by atoms with Crippen LogP contribution in [0.4, 0.5) is 4.39 Å². The second kappa shape index (κ2) is 10.4. The number of amides is 2. The first kappa shape index (κ1) is 22.6. The smallest absolute Gasteiger partial charge is 0.248 e. The Morgan fingerprint density at radius 3 is 2.21 bits per heavy atom. The summed E-state index contributed by atoms with van der Waals surface area (Å²) in [6.45, 7) is 1.50. The van der Waals surface area contributed by atoms with Crippen LogP contribution in [-0.4, -0.2) is 34.8 Å². The van der Waals surface area contributed by atoms with Crippen molar-refractivity contribution in [3.63, 3.8) is 0 Å². The molecule has 2 N–H and O–H groups in total. The van der Waals surface area contributed by atoms with Gasteiger partial charge in [0, 0.05) is 48.4 Å². The maximum atomic E-state index is 13.0. The van der Waals surface area contributed by atoms with Crippen LogP contribution in [0.1, 0.15) is 53.2 Å². The van der Waals surface area contributed by atoms with Crippen molar-refractivity contribution in [1.82, 2.24) is 9.88 Å². The lowest BCUT2D eigenvalue weighted by molar-refractivity contribution is -0.132. The van der Waals surface area contributed by atoms with Crippen molar-refractivity contribution in [1.29, 1.82) is 0 Å². The van der Waals surface area contributed by atoms with Gasteiger partial charge in [-0.2, -0.15) is 0 Å². The lowest BCUT2D eigenvalue weighted by atomic mass is 9.92. The van der Waals surface area contributed by atoms with Crippen LogP contribution in [0.3, 0.4) is 0 Å². The molecule has 0 unspecified atom stereocenters. The molecule has 2 heterocycles. The molecule has 1 fully saturated rings. The summed E-state index contributed by atoms with van der Waals surface area (Å²) in [5, 5.41) is 0. The lowest BCUT2D eigenvalue weighted by Crippen LogP contribution is -2.38. The van der Waals surface area contributed by atoms with E-state index in [2.05, 4.69) is 17.1 Å². The van der Waals surface area contributed by atoms with Gasteiger partial charge < -0.3 is 10.6 Å². The Morgan fingerprint density at radius 2 is 1.61 bits per heavy atom. The second-order valence-electron chi connectivity index (χ2n) is 8.55. The van der Waals surface area contributed by atoms with Gasteiger partial charge >= 0.3 is 0 Å². The highest BCUT2D eigenvalue weighted by Crippen LogP contribution is 2.28. The first-order valence-corrected chi connectivity index (χ1v) is 11.4. The largest absolute Gasteiger partial charge is 0.366 e. The fraction of sp³-hybridized carbons (Fsp3) is 0.296. The van der Waals surface area contributed by atoms with Crippen LogP contribution < -0.4 is 5.73 Å². The monoisotopic (exact) mass is 445 g/mol. The average Bonchev–Trinajstić information content (AvgIpc) is 2.85. The molecule has 0 spiro atoms. The zero-order valence-corrected chi connectivity index (χ0v) is 18.5. The normalized spacial score (nSPS) is 14.3. The number of piperidine rings is 1. The first-order chi connectivity index (χ1) is 16.0.